The lowest BCUT2D eigenvalue weighted by molar-refractivity contribution is 1.13. The van der Waals surface area contributed by atoms with E-state index in [1.54, 1.807) is 24.4 Å². The molecule has 2 aromatic rings. The zero-order valence-corrected chi connectivity index (χ0v) is 10.3. The van der Waals surface area contributed by atoms with Gasteiger partial charge in [-0.2, -0.15) is 5.26 Å². The van der Waals surface area contributed by atoms with Crippen LogP contribution in [-0.2, 0) is 0 Å². The molecule has 1 heterocycles. The number of nitriles is 1. The fourth-order valence-corrected chi connectivity index (χ4v) is 2.19. The Morgan fingerprint density at radius 1 is 1.29 bits per heavy atom. The van der Waals surface area contributed by atoms with Crippen LogP contribution in [0.4, 0.5) is 5.69 Å². The number of hydrogen-bond acceptors (Lipinski definition) is 4. The Balaban J connectivity index is 2.30. The van der Waals surface area contributed by atoms with Crippen LogP contribution in [0.5, 0.6) is 0 Å². The highest BCUT2D eigenvalue weighted by Gasteiger charge is 2.05. The van der Waals surface area contributed by atoms with Gasteiger partial charge < -0.3 is 5.73 Å². The topological polar surface area (TPSA) is 62.7 Å². The van der Waals surface area contributed by atoms with Crippen molar-refractivity contribution in [3.63, 3.8) is 0 Å². The van der Waals surface area contributed by atoms with E-state index in [4.69, 9.17) is 22.6 Å². The largest absolute Gasteiger partial charge is 0.399 e. The molecular weight excluding hydrogens is 254 g/mol. The Kier molecular flexibility index (Phi) is 3.52. The number of nitrogens with zero attached hydrogens (tertiary/aromatic N) is 2. The van der Waals surface area contributed by atoms with Crippen molar-refractivity contribution in [2.24, 2.45) is 0 Å². The molecule has 5 heteroatoms. The van der Waals surface area contributed by atoms with E-state index in [0.29, 0.717) is 16.3 Å². The van der Waals surface area contributed by atoms with Crippen LogP contribution >= 0.6 is 23.4 Å². The Morgan fingerprint density at radius 2 is 2.12 bits per heavy atom. The fourth-order valence-electron chi connectivity index (χ4n) is 1.26. The third kappa shape index (κ3) is 2.90. The summed E-state index contributed by atoms with van der Waals surface area (Å²) >= 11 is 7.16. The van der Waals surface area contributed by atoms with E-state index in [2.05, 4.69) is 11.1 Å². The number of hydrogen-bond donors (Lipinski definition) is 1. The fraction of sp³-hybridized carbons (Fsp3) is 0. The van der Waals surface area contributed by atoms with Crippen LogP contribution in [0, 0.1) is 11.3 Å². The molecule has 2 rings (SSSR count). The van der Waals surface area contributed by atoms with E-state index in [-0.39, 0.29) is 0 Å². The van der Waals surface area contributed by atoms with Crippen molar-refractivity contribution in [2.45, 2.75) is 9.92 Å². The Hall–Kier alpha value is -1.70. The van der Waals surface area contributed by atoms with Gasteiger partial charge >= 0.3 is 0 Å². The molecule has 2 N–H and O–H groups in total. The van der Waals surface area contributed by atoms with Gasteiger partial charge in [-0.3, -0.25) is 0 Å². The summed E-state index contributed by atoms with van der Waals surface area (Å²) in [6.45, 7) is 0. The van der Waals surface area contributed by atoms with E-state index in [0.717, 1.165) is 9.92 Å². The maximum Gasteiger partial charge on any atom is 0.101 e. The van der Waals surface area contributed by atoms with Gasteiger partial charge in [-0.05, 0) is 30.3 Å². The minimum Gasteiger partial charge on any atom is -0.399 e. The van der Waals surface area contributed by atoms with Crippen LogP contribution in [-0.4, -0.2) is 4.98 Å². The summed E-state index contributed by atoms with van der Waals surface area (Å²) in [4.78, 5) is 4.99. The maximum atomic E-state index is 9.00. The average molecular weight is 262 g/mol. The van der Waals surface area contributed by atoms with E-state index < -0.39 is 0 Å². The van der Waals surface area contributed by atoms with Gasteiger partial charge in [0.05, 0.1) is 10.6 Å². The third-order valence-corrected chi connectivity index (χ3v) is 3.29. The maximum absolute atomic E-state index is 9.00. The highest BCUT2D eigenvalue weighted by molar-refractivity contribution is 7.99. The molecule has 0 spiro atoms. The van der Waals surface area contributed by atoms with Gasteiger partial charge in [0.1, 0.15) is 11.1 Å². The van der Waals surface area contributed by atoms with E-state index in [9.17, 15) is 0 Å². The third-order valence-electron chi connectivity index (χ3n) is 2.04. The van der Waals surface area contributed by atoms with E-state index in [1.807, 2.05) is 12.1 Å². The summed E-state index contributed by atoms with van der Waals surface area (Å²) in [7, 11) is 0. The highest BCUT2D eigenvalue weighted by atomic mass is 35.5. The molecule has 0 aliphatic heterocycles. The molecule has 0 fully saturated rings. The molecule has 1 aromatic heterocycles. The minimum atomic E-state index is 0.548. The van der Waals surface area contributed by atoms with Crippen LogP contribution in [0.1, 0.15) is 5.56 Å². The van der Waals surface area contributed by atoms with Gasteiger partial charge in [0.2, 0.25) is 0 Å². The summed E-state index contributed by atoms with van der Waals surface area (Å²) in [6, 6.07) is 10.9. The number of pyridine rings is 1. The normalized spacial score (nSPS) is 9.88. The Morgan fingerprint density at radius 3 is 2.76 bits per heavy atom. The Bertz CT molecular complexity index is 575. The molecule has 0 saturated carbocycles. The van der Waals surface area contributed by atoms with Gasteiger partial charge in [0, 0.05) is 16.8 Å². The predicted octanol–water partition coefficient (Wildman–Crippen LogP) is 3.34. The number of rotatable bonds is 2. The molecule has 0 amide bonds. The summed E-state index contributed by atoms with van der Waals surface area (Å²) in [6.07, 6.45) is 1.58. The second-order valence-corrected chi connectivity index (χ2v) is 4.78. The van der Waals surface area contributed by atoms with E-state index >= 15 is 0 Å². The van der Waals surface area contributed by atoms with Crippen LogP contribution in [0.25, 0.3) is 0 Å². The molecule has 0 atom stereocenters. The molecular formula is C12H8ClN3S. The van der Waals surface area contributed by atoms with Gasteiger partial charge in [-0.15, -0.1) is 0 Å². The zero-order chi connectivity index (χ0) is 12.3. The van der Waals surface area contributed by atoms with Crippen molar-refractivity contribution < 1.29 is 0 Å². The lowest BCUT2D eigenvalue weighted by atomic mass is 10.2. The molecule has 84 valence electrons. The van der Waals surface area contributed by atoms with Crippen molar-refractivity contribution in [3.05, 3.63) is 47.1 Å². The molecule has 3 nitrogen and oxygen atoms in total. The first-order chi connectivity index (χ1) is 8.19. The number of anilines is 1. The molecule has 0 unspecified atom stereocenters. The highest BCUT2D eigenvalue weighted by Crippen LogP contribution is 2.30. The number of nitrogen functional groups attached to an aromatic ring is 1. The van der Waals surface area contributed by atoms with Crippen molar-refractivity contribution in [1.29, 1.82) is 5.26 Å². The minimum absolute atomic E-state index is 0.548. The molecule has 0 aliphatic rings. The standard InChI is InChI=1S/C12H8ClN3S/c13-9-1-4-12(16-7-9)17-11-3-2-10(15)5-8(11)6-14/h1-5,7H,15H2. The molecule has 0 bridgehead atoms. The zero-order valence-electron chi connectivity index (χ0n) is 8.72. The molecule has 0 radical (unpaired) electrons. The smallest absolute Gasteiger partial charge is 0.101 e. The number of benzene rings is 1. The monoisotopic (exact) mass is 261 g/mol. The second kappa shape index (κ2) is 5.09. The van der Waals surface area contributed by atoms with Gasteiger partial charge in [0.15, 0.2) is 0 Å². The first-order valence-corrected chi connectivity index (χ1v) is 5.97. The summed E-state index contributed by atoms with van der Waals surface area (Å²) in [5, 5.41) is 10.4. The predicted molar refractivity (Wildman–Crippen MR) is 68.9 cm³/mol. The number of halogens is 1. The molecule has 0 saturated heterocycles. The lowest BCUT2D eigenvalue weighted by Crippen LogP contribution is -1.88. The van der Waals surface area contributed by atoms with Crippen LogP contribution in [0.15, 0.2) is 46.5 Å². The van der Waals surface area contributed by atoms with Crippen LogP contribution in [0.2, 0.25) is 5.02 Å². The second-order valence-electron chi connectivity index (χ2n) is 3.28. The summed E-state index contributed by atoms with van der Waals surface area (Å²) in [5.41, 5.74) is 6.75. The van der Waals surface area contributed by atoms with Crippen molar-refractivity contribution in [3.8, 4) is 6.07 Å². The van der Waals surface area contributed by atoms with Gasteiger partial charge in [-0.25, -0.2) is 4.98 Å². The number of aromatic nitrogens is 1. The molecule has 0 aliphatic carbocycles. The average Bonchev–Trinajstić information content (AvgIpc) is 2.34. The number of nitrogens with two attached hydrogens (primary N) is 1. The lowest BCUT2D eigenvalue weighted by Gasteiger charge is -2.04. The summed E-state index contributed by atoms with van der Waals surface area (Å²) < 4.78 is 0. The SMILES string of the molecule is N#Cc1cc(N)ccc1Sc1ccc(Cl)cn1. The van der Waals surface area contributed by atoms with Gasteiger partial charge in [-0.1, -0.05) is 23.4 Å². The van der Waals surface area contributed by atoms with Crippen molar-refractivity contribution >= 4 is 29.1 Å². The molecule has 17 heavy (non-hydrogen) atoms. The van der Waals surface area contributed by atoms with E-state index in [1.165, 1.54) is 11.8 Å². The quantitative estimate of drug-likeness (QED) is 0.842. The van der Waals surface area contributed by atoms with Crippen molar-refractivity contribution in [1.82, 2.24) is 4.98 Å². The molecule has 1 aromatic carbocycles. The van der Waals surface area contributed by atoms with Gasteiger partial charge in [0.25, 0.3) is 0 Å². The summed E-state index contributed by atoms with van der Waals surface area (Å²) in [5.74, 6) is 0. The Labute approximate surface area is 108 Å². The first kappa shape index (κ1) is 11.8. The van der Waals surface area contributed by atoms with Crippen molar-refractivity contribution in [2.75, 3.05) is 5.73 Å². The van der Waals surface area contributed by atoms with Crippen LogP contribution < -0.4 is 5.73 Å². The first-order valence-electron chi connectivity index (χ1n) is 4.78. The van der Waals surface area contributed by atoms with Crippen LogP contribution in [0.3, 0.4) is 0 Å².